The second-order valence-corrected chi connectivity index (χ2v) is 7.21. The molecule has 0 aliphatic heterocycles. The number of carbonyl (C=O) groups is 1. The lowest BCUT2D eigenvalue weighted by Gasteiger charge is -2.01. The molecule has 0 unspecified atom stereocenters. The first-order chi connectivity index (χ1) is 8.65. The van der Waals surface area contributed by atoms with Crippen LogP contribution in [0.2, 0.25) is 0 Å². The van der Waals surface area contributed by atoms with Gasteiger partial charge in [-0.15, -0.1) is 23.1 Å². The number of benzene rings is 1. The lowest BCUT2D eigenvalue weighted by molar-refractivity contribution is -0.115. The summed E-state index contributed by atoms with van der Waals surface area (Å²) < 4.78 is 14.4. The highest BCUT2D eigenvalue weighted by atomic mass is 79.9. The second kappa shape index (κ2) is 6.50. The molecule has 94 valence electrons. The van der Waals surface area contributed by atoms with Gasteiger partial charge in [-0.2, -0.15) is 0 Å². The van der Waals surface area contributed by atoms with Crippen molar-refractivity contribution >= 4 is 44.8 Å². The lowest BCUT2D eigenvalue weighted by atomic mass is 10.3. The van der Waals surface area contributed by atoms with Gasteiger partial charge >= 0.3 is 0 Å². The van der Waals surface area contributed by atoms with E-state index in [0.717, 1.165) is 8.66 Å². The van der Waals surface area contributed by atoms with E-state index in [9.17, 15) is 9.18 Å². The van der Waals surface area contributed by atoms with E-state index in [1.807, 2.05) is 12.1 Å². The number of carbonyl (C=O) groups excluding carboxylic acids is 1. The molecule has 1 nitrogen and oxygen atoms in total. The van der Waals surface area contributed by atoms with Gasteiger partial charge in [0.05, 0.1) is 9.54 Å². The minimum atomic E-state index is -0.269. The highest BCUT2D eigenvalue weighted by Gasteiger charge is 2.08. The van der Waals surface area contributed by atoms with Gasteiger partial charge in [0.15, 0.2) is 0 Å². The van der Waals surface area contributed by atoms with Crippen LogP contribution in [0.3, 0.4) is 0 Å². The summed E-state index contributed by atoms with van der Waals surface area (Å²) in [5, 5.41) is 0. The molecule has 0 amide bonds. The highest BCUT2D eigenvalue weighted by molar-refractivity contribution is 9.11. The fourth-order valence-electron chi connectivity index (χ4n) is 1.41. The number of Topliss-reactive ketones (excluding diaryl/α,β-unsaturated/α-hetero) is 1. The first-order valence-electron chi connectivity index (χ1n) is 5.28. The predicted molar refractivity (Wildman–Crippen MR) is 77.9 cm³/mol. The van der Waals surface area contributed by atoms with E-state index in [2.05, 4.69) is 15.9 Å². The normalized spacial score (nSPS) is 10.6. The summed E-state index contributed by atoms with van der Waals surface area (Å²) in [6, 6.07) is 10.4. The van der Waals surface area contributed by atoms with Gasteiger partial charge in [0.2, 0.25) is 0 Å². The van der Waals surface area contributed by atoms with E-state index in [4.69, 9.17) is 0 Å². The van der Waals surface area contributed by atoms with Gasteiger partial charge in [-0.05, 0) is 40.2 Å². The van der Waals surface area contributed by atoms with Crippen molar-refractivity contribution in [3.05, 3.63) is 50.9 Å². The summed E-state index contributed by atoms with van der Waals surface area (Å²) in [6.07, 6.45) is 0.414. The molecule has 0 aliphatic carbocycles. The van der Waals surface area contributed by atoms with E-state index in [1.165, 1.54) is 17.8 Å². The number of halogens is 2. The van der Waals surface area contributed by atoms with Crippen molar-refractivity contribution in [3.8, 4) is 0 Å². The van der Waals surface area contributed by atoms with Crippen molar-refractivity contribution in [2.24, 2.45) is 0 Å². The molecule has 1 heterocycles. The van der Waals surface area contributed by atoms with Crippen LogP contribution in [0.15, 0.2) is 45.1 Å². The van der Waals surface area contributed by atoms with Crippen molar-refractivity contribution in [2.75, 3.05) is 5.75 Å². The fraction of sp³-hybridized carbons (Fsp3) is 0.154. The number of hydrogen-bond donors (Lipinski definition) is 0. The van der Waals surface area contributed by atoms with Crippen molar-refractivity contribution in [2.45, 2.75) is 11.3 Å². The standard InChI is InChI=1S/C13H10BrFOS2/c14-13-6-5-10(18-13)7-9(16)8-17-12-4-2-1-3-11(12)15/h1-6H,7-8H2. The number of ketones is 1. The van der Waals surface area contributed by atoms with Crippen LogP contribution in [-0.4, -0.2) is 11.5 Å². The molecule has 0 atom stereocenters. The molecule has 0 saturated heterocycles. The molecule has 0 radical (unpaired) electrons. The minimum absolute atomic E-state index is 0.109. The van der Waals surface area contributed by atoms with Crippen molar-refractivity contribution in [1.82, 2.24) is 0 Å². The topological polar surface area (TPSA) is 17.1 Å². The molecule has 1 aromatic heterocycles. The van der Waals surface area contributed by atoms with E-state index in [0.29, 0.717) is 17.1 Å². The zero-order valence-corrected chi connectivity index (χ0v) is 12.6. The summed E-state index contributed by atoms with van der Waals surface area (Å²) >= 11 is 6.16. The van der Waals surface area contributed by atoms with Crippen LogP contribution in [0.1, 0.15) is 4.88 Å². The highest BCUT2D eigenvalue weighted by Crippen LogP contribution is 2.24. The third-order valence-corrected chi connectivity index (χ3v) is 4.96. The van der Waals surface area contributed by atoms with Crippen LogP contribution in [0.4, 0.5) is 4.39 Å². The Balaban J connectivity index is 1.87. The Hall–Kier alpha value is -0.650. The SMILES string of the molecule is O=C(CSc1ccccc1F)Cc1ccc(Br)s1. The quantitative estimate of drug-likeness (QED) is 0.740. The summed E-state index contributed by atoms with van der Waals surface area (Å²) in [7, 11) is 0. The Kier molecular flexibility index (Phi) is 4.97. The zero-order chi connectivity index (χ0) is 13.0. The molecular formula is C13H10BrFOS2. The lowest BCUT2D eigenvalue weighted by Crippen LogP contribution is -2.04. The maximum atomic E-state index is 13.3. The molecule has 2 rings (SSSR count). The first kappa shape index (κ1) is 13.8. The van der Waals surface area contributed by atoms with E-state index in [1.54, 1.807) is 29.5 Å². The second-order valence-electron chi connectivity index (χ2n) is 3.64. The van der Waals surface area contributed by atoms with Crippen molar-refractivity contribution in [1.29, 1.82) is 0 Å². The van der Waals surface area contributed by atoms with Gasteiger partial charge in [0, 0.05) is 16.2 Å². The molecule has 5 heteroatoms. The van der Waals surface area contributed by atoms with Gasteiger partial charge < -0.3 is 0 Å². The molecule has 0 spiro atoms. The van der Waals surface area contributed by atoms with Gasteiger partial charge in [0.1, 0.15) is 11.6 Å². The average Bonchev–Trinajstić information content (AvgIpc) is 2.74. The van der Waals surface area contributed by atoms with Crippen molar-refractivity contribution in [3.63, 3.8) is 0 Å². The molecule has 0 N–H and O–H groups in total. The van der Waals surface area contributed by atoms with E-state index in [-0.39, 0.29) is 11.6 Å². The molecule has 18 heavy (non-hydrogen) atoms. The molecular weight excluding hydrogens is 335 g/mol. The first-order valence-corrected chi connectivity index (χ1v) is 7.88. The molecule has 0 bridgehead atoms. The number of rotatable bonds is 5. The molecule has 0 fully saturated rings. The van der Waals surface area contributed by atoms with Crippen molar-refractivity contribution < 1.29 is 9.18 Å². The van der Waals surface area contributed by atoms with Crippen LogP contribution in [0.25, 0.3) is 0 Å². The Morgan fingerprint density at radius 2 is 2.06 bits per heavy atom. The van der Waals surface area contributed by atoms with Gasteiger partial charge in [-0.3, -0.25) is 4.79 Å². The Bertz CT molecular complexity index is 553. The largest absolute Gasteiger partial charge is 0.298 e. The van der Waals surface area contributed by atoms with Gasteiger partial charge in [0.25, 0.3) is 0 Å². The van der Waals surface area contributed by atoms with Crippen LogP contribution < -0.4 is 0 Å². The third kappa shape index (κ3) is 3.93. The number of thiophene rings is 1. The summed E-state index contributed by atoms with van der Waals surface area (Å²) in [6.45, 7) is 0. The average molecular weight is 345 g/mol. The molecule has 1 aromatic carbocycles. The smallest absolute Gasteiger partial charge is 0.148 e. The Labute approximate surface area is 122 Å². The number of thioether (sulfide) groups is 1. The minimum Gasteiger partial charge on any atom is -0.298 e. The van der Waals surface area contributed by atoms with E-state index >= 15 is 0 Å². The monoisotopic (exact) mass is 344 g/mol. The Morgan fingerprint density at radius 1 is 1.28 bits per heavy atom. The maximum absolute atomic E-state index is 13.3. The molecule has 0 saturated carbocycles. The predicted octanol–water partition coefficient (Wildman–Crippen LogP) is 4.55. The summed E-state index contributed by atoms with van der Waals surface area (Å²) in [5.74, 6) is 0.142. The van der Waals surface area contributed by atoms with Crippen LogP contribution in [-0.2, 0) is 11.2 Å². The van der Waals surface area contributed by atoms with E-state index < -0.39 is 0 Å². The molecule has 2 aromatic rings. The van der Waals surface area contributed by atoms with Crippen LogP contribution in [0, 0.1) is 5.82 Å². The van der Waals surface area contributed by atoms with Crippen LogP contribution >= 0.6 is 39.0 Å². The fourth-order valence-corrected chi connectivity index (χ4v) is 3.72. The maximum Gasteiger partial charge on any atom is 0.148 e. The van der Waals surface area contributed by atoms with Crippen LogP contribution in [0.5, 0.6) is 0 Å². The third-order valence-electron chi connectivity index (χ3n) is 2.23. The zero-order valence-electron chi connectivity index (χ0n) is 9.36. The number of hydrogen-bond acceptors (Lipinski definition) is 3. The molecule has 0 aliphatic rings. The van der Waals surface area contributed by atoms with Gasteiger partial charge in [-0.1, -0.05) is 12.1 Å². The summed E-state index contributed by atoms with van der Waals surface area (Å²) in [5.41, 5.74) is 0. The Morgan fingerprint density at radius 3 is 2.72 bits per heavy atom. The van der Waals surface area contributed by atoms with Gasteiger partial charge in [-0.25, -0.2) is 4.39 Å². The summed E-state index contributed by atoms with van der Waals surface area (Å²) in [4.78, 5) is 13.3.